The number of unbranched alkanes of at least 4 members (excludes halogenated alkanes) is 1. The third-order valence-corrected chi connectivity index (χ3v) is 7.07. The number of guanidine groups is 1. The molecule has 0 heterocycles. The van der Waals surface area contributed by atoms with Crippen LogP contribution in [0.3, 0.4) is 0 Å². The van der Waals surface area contributed by atoms with Gasteiger partial charge in [0.2, 0.25) is 29.5 Å². The van der Waals surface area contributed by atoms with Crippen LogP contribution >= 0.6 is 0 Å². The number of carbonyl (C=O) groups is 5. The van der Waals surface area contributed by atoms with E-state index in [-0.39, 0.29) is 49.1 Å². The van der Waals surface area contributed by atoms with Gasteiger partial charge in [0.15, 0.2) is 5.96 Å². The van der Waals surface area contributed by atoms with E-state index in [1.165, 1.54) is 38.1 Å². The Hall–Kier alpha value is -4.84. The lowest BCUT2D eigenvalue weighted by molar-refractivity contribution is -0.384. The molecule has 18 nitrogen and oxygen atoms in total. The number of nitro benzene ring substituents is 1. The van der Waals surface area contributed by atoms with E-state index in [2.05, 4.69) is 36.9 Å². The molecular weight excluding hydrogens is 640 g/mol. The van der Waals surface area contributed by atoms with E-state index in [9.17, 15) is 39.2 Å². The minimum Gasteiger partial charge on any atom is -0.379 e. The number of rotatable bonds is 22. The lowest BCUT2D eigenvalue weighted by atomic mass is 10.0. The molecule has 11 N–H and O–H groups in total. The van der Waals surface area contributed by atoms with Crippen molar-refractivity contribution in [3.63, 3.8) is 0 Å². The van der Waals surface area contributed by atoms with Gasteiger partial charge in [-0.3, -0.25) is 44.4 Å². The highest BCUT2D eigenvalue weighted by atomic mass is 16.6. The first-order chi connectivity index (χ1) is 23.0. The van der Waals surface area contributed by atoms with E-state index in [1.54, 1.807) is 0 Å². The van der Waals surface area contributed by atoms with Crippen LogP contribution in [0.25, 0.3) is 0 Å². The average Bonchev–Trinajstić information content (AvgIpc) is 3.02. The Morgan fingerprint density at radius 2 is 1.43 bits per heavy atom. The summed E-state index contributed by atoms with van der Waals surface area (Å²) in [6.45, 7) is 8.36. The van der Waals surface area contributed by atoms with Crippen molar-refractivity contribution in [1.29, 1.82) is 0 Å². The summed E-state index contributed by atoms with van der Waals surface area (Å²) in [4.78, 5) is 79.6. The third kappa shape index (κ3) is 17.2. The smallest absolute Gasteiger partial charge is 0.269 e. The van der Waals surface area contributed by atoms with Crippen molar-refractivity contribution in [2.45, 2.75) is 104 Å². The van der Waals surface area contributed by atoms with Crippen LogP contribution < -0.4 is 43.4 Å². The second-order valence-corrected chi connectivity index (χ2v) is 12.0. The summed E-state index contributed by atoms with van der Waals surface area (Å²) in [7, 11) is 0. The maximum atomic E-state index is 13.6. The van der Waals surface area contributed by atoms with Crippen LogP contribution in [0, 0.1) is 16.0 Å². The van der Waals surface area contributed by atoms with Crippen molar-refractivity contribution in [1.82, 2.24) is 26.6 Å². The summed E-state index contributed by atoms with van der Waals surface area (Å²) in [5.41, 5.74) is 10.9. The number of hydrogen-bond donors (Lipinski definition) is 9. The molecule has 0 aliphatic heterocycles. The number of hydrogen-bond acceptors (Lipinski definition) is 10. The monoisotopic (exact) mass is 692 g/mol. The number of aliphatic hydroxyl groups is 1. The normalized spacial score (nSPS) is 13.9. The van der Waals surface area contributed by atoms with Crippen LogP contribution in [-0.4, -0.2) is 89.0 Å². The summed E-state index contributed by atoms with van der Waals surface area (Å²) in [6.07, 6.45) is 1.25. The second-order valence-electron chi connectivity index (χ2n) is 12.0. The molecule has 0 aromatic heterocycles. The number of aliphatic imine (C=N–C) groups is 1. The van der Waals surface area contributed by atoms with E-state index >= 15 is 0 Å². The number of anilines is 1. The molecule has 1 aromatic carbocycles. The molecule has 0 fully saturated rings. The molecule has 1 unspecified atom stereocenters. The van der Waals surface area contributed by atoms with Gasteiger partial charge in [0.25, 0.3) is 5.69 Å². The lowest BCUT2D eigenvalue weighted by Gasteiger charge is -2.26. The average molecular weight is 693 g/mol. The summed E-state index contributed by atoms with van der Waals surface area (Å²) in [5, 5.41) is 36.1. The molecular formula is C31H52N10O8. The van der Waals surface area contributed by atoms with Gasteiger partial charge in [0.1, 0.15) is 24.4 Å². The van der Waals surface area contributed by atoms with E-state index < -0.39 is 71.4 Å². The number of nitrogens with one attached hydrogen (secondary N) is 6. The van der Waals surface area contributed by atoms with Gasteiger partial charge in [-0.25, -0.2) is 0 Å². The number of nitrogens with two attached hydrogens (primary N) is 2. The van der Waals surface area contributed by atoms with Crippen LogP contribution in [0.5, 0.6) is 0 Å². The van der Waals surface area contributed by atoms with Crippen molar-refractivity contribution in [2.24, 2.45) is 22.4 Å². The zero-order chi connectivity index (χ0) is 37.1. The molecule has 18 heteroatoms. The number of carbonyl (C=O) groups excluding carboxylic acids is 5. The highest BCUT2D eigenvalue weighted by Gasteiger charge is 2.30. The Kier molecular flexibility index (Phi) is 18.9. The molecule has 49 heavy (non-hydrogen) atoms. The number of nitro groups is 1. The first kappa shape index (κ1) is 42.2. The molecule has 0 spiro atoms. The number of non-ortho nitro benzene ring substituents is 1. The van der Waals surface area contributed by atoms with Crippen LogP contribution in [-0.2, 0) is 24.0 Å². The summed E-state index contributed by atoms with van der Waals surface area (Å²) in [6, 6.07) is 1.24. The SMILES string of the molecule is CCCC[C@H](NC(=O)[C@H](CC(C)C)NC(=O)CNC(=O)[C@H](C)NC(C)O)C(=O)N[C@@H](CCCN=C(N)N)C(=O)Nc1ccc([N+](=O)[O-])cc1. The molecule has 0 radical (unpaired) electrons. The van der Waals surface area contributed by atoms with Gasteiger partial charge < -0.3 is 43.2 Å². The molecule has 0 bridgehead atoms. The van der Waals surface area contributed by atoms with Gasteiger partial charge in [-0.2, -0.15) is 0 Å². The summed E-state index contributed by atoms with van der Waals surface area (Å²) in [5.74, 6) is -3.16. The number of nitrogens with zero attached hydrogens (tertiary/aromatic N) is 2. The molecule has 0 aliphatic carbocycles. The van der Waals surface area contributed by atoms with Gasteiger partial charge in [-0.15, -0.1) is 0 Å². The van der Waals surface area contributed by atoms with Crippen LogP contribution in [0.2, 0.25) is 0 Å². The summed E-state index contributed by atoms with van der Waals surface area (Å²) >= 11 is 0. The number of aliphatic hydroxyl groups excluding tert-OH is 1. The van der Waals surface area contributed by atoms with Crippen molar-refractivity contribution in [3.8, 4) is 0 Å². The van der Waals surface area contributed by atoms with Crippen molar-refractivity contribution >= 4 is 46.9 Å². The number of benzene rings is 1. The molecule has 274 valence electrons. The zero-order valence-corrected chi connectivity index (χ0v) is 28.8. The highest BCUT2D eigenvalue weighted by Crippen LogP contribution is 2.16. The fraction of sp³-hybridized carbons (Fsp3) is 0.613. The Labute approximate surface area is 286 Å². The molecule has 5 atom stereocenters. The third-order valence-electron chi connectivity index (χ3n) is 7.07. The zero-order valence-electron chi connectivity index (χ0n) is 28.8. The molecule has 0 saturated heterocycles. The van der Waals surface area contributed by atoms with Crippen molar-refractivity contribution in [3.05, 3.63) is 34.4 Å². The first-order valence-corrected chi connectivity index (χ1v) is 16.3. The van der Waals surface area contributed by atoms with E-state index in [0.717, 1.165) is 0 Å². The topological polar surface area (TPSA) is 285 Å². The number of amides is 5. The standard InChI is InChI=1S/C31H52N10O8/c1-6-7-9-23(40-30(47)25(16-18(2)3)38-26(43)17-35-27(44)19(4)36-20(5)42)29(46)39-24(10-8-15-34-31(32)33)28(45)37-21-11-13-22(14-12-21)41(48)49/h11-14,18-20,23-25,36,42H,6-10,15-17H2,1-5H3,(H,35,44)(H,37,45)(H,38,43)(H,39,46)(H,40,47)(H4,32,33,34)/t19-,20?,23-,24-,25-/m0/s1. The van der Waals surface area contributed by atoms with Gasteiger partial charge in [0.05, 0.1) is 17.5 Å². The second kappa shape index (κ2) is 21.9. The van der Waals surface area contributed by atoms with Crippen LogP contribution in [0.4, 0.5) is 11.4 Å². The minimum atomic E-state index is -1.08. The first-order valence-electron chi connectivity index (χ1n) is 16.3. The highest BCUT2D eigenvalue weighted by molar-refractivity contribution is 5.99. The predicted octanol–water partition coefficient (Wildman–Crippen LogP) is -0.290. The Morgan fingerprint density at radius 1 is 0.857 bits per heavy atom. The van der Waals surface area contributed by atoms with Crippen molar-refractivity contribution < 1.29 is 34.0 Å². The van der Waals surface area contributed by atoms with Gasteiger partial charge in [-0.05, 0) is 57.6 Å². The van der Waals surface area contributed by atoms with Crippen LogP contribution in [0.15, 0.2) is 29.3 Å². The van der Waals surface area contributed by atoms with Gasteiger partial charge >= 0.3 is 0 Å². The summed E-state index contributed by atoms with van der Waals surface area (Å²) < 4.78 is 0. The Morgan fingerprint density at radius 3 is 1.96 bits per heavy atom. The van der Waals surface area contributed by atoms with E-state index in [1.807, 2.05) is 20.8 Å². The molecule has 1 rings (SSSR count). The molecule has 5 amide bonds. The quantitative estimate of drug-likeness (QED) is 0.0190. The van der Waals surface area contributed by atoms with E-state index in [0.29, 0.717) is 19.3 Å². The molecule has 1 aromatic rings. The lowest BCUT2D eigenvalue weighted by Crippen LogP contribution is -2.57. The van der Waals surface area contributed by atoms with Crippen molar-refractivity contribution in [2.75, 3.05) is 18.4 Å². The Bertz CT molecular complexity index is 1290. The Balaban J connectivity index is 3.09. The largest absolute Gasteiger partial charge is 0.379 e. The molecule has 0 aliphatic rings. The molecule has 0 saturated carbocycles. The van der Waals surface area contributed by atoms with Gasteiger partial charge in [0, 0.05) is 24.4 Å². The van der Waals surface area contributed by atoms with Gasteiger partial charge in [-0.1, -0.05) is 33.6 Å². The fourth-order valence-electron chi connectivity index (χ4n) is 4.60. The maximum Gasteiger partial charge on any atom is 0.269 e. The minimum absolute atomic E-state index is 0.0264. The van der Waals surface area contributed by atoms with Crippen LogP contribution in [0.1, 0.15) is 73.1 Å². The van der Waals surface area contributed by atoms with E-state index in [4.69, 9.17) is 11.5 Å². The predicted molar refractivity (Wildman–Crippen MR) is 184 cm³/mol. The maximum absolute atomic E-state index is 13.6. The fourth-order valence-corrected chi connectivity index (χ4v) is 4.60.